The van der Waals surface area contributed by atoms with Crippen molar-refractivity contribution >= 4 is 0 Å². The van der Waals surface area contributed by atoms with Crippen LogP contribution in [0.15, 0.2) is 48.5 Å². The molecule has 0 saturated heterocycles. The summed E-state index contributed by atoms with van der Waals surface area (Å²) in [5.41, 5.74) is 0.903. The largest absolute Gasteiger partial charge is 0.416 e. The van der Waals surface area contributed by atoms with Crippen LogP contribution in [0, 0.1) is 13.8 Å². The fourth-order valence-corrected chi connectivity index (χ4v) is 4.51. The van der Waals surface area contributed by atoms with Crippen LogP contribution in [0.2, 0.25) is 0 Å². The molecule has 42 heavy (non-hydrogen) atoms. The van der Waals surface area contributed by atoms with E-state index < -0.39 is 29.6 Å². The zero-order valence-corrected chi connectivity index (χ0v) is 22.9. The first kappa shape index (κ1) is 31.0. The van der Waals surface area contributed by atoms with Gasteiger partial charge in [-0.1, -0.05) is 24.3 Å². The Morgan fingerprint density at radius 1 is 0.619 bits per heavy atom. The summed E-state index contributed by atoms with van der Waals surface area (Å²) >= 11 is 0. The first-order valence-corrected chi connectivity index (χ1v) is 12.5. The molecular formula is C29H26F6N4O3. The van der Waals surface area contributed by atoms with Crippen molar-refractivity contribution in [1.82, 2.24) is 19.9 Å². The lowest BCUT2D eigenvalue weighted by Crippen LogP contribution is -2.17. The number of aryl methyl sites for hydroxylation is 2. The number of aromatic nitrogens is 4. The SMILES string of the molecule is COCc1nc(-c2ccc(C(F)(F)F)cc2)nc(C)c1C(O)c1c(C)nc(-c2ccc(C(F)(F)F)cc2)nc1COC. The molecular weight excluding hydrogens is 566 g/mol. The third-order valence-electron chi connectivity index (χ3n) is 6.48. The lowest BCUT2D eigenvalue weighted by molar-refractivity contribution is -0.138. The Morgan fingerprint density at radius 2 is 0.952 bits per heavy atom. The third-order valence-corrected chi connectivity index (χ3v) is 6.48. The predicted molar refractivity (Wildman–Crippen MR) is 140 cm³/mol. The van der Waals surface area contributed by atoms with Crippen molar-refractivity contribution in [3.8, 4) is 22.8 Å². The van der Waals surface area contributed by atoms with Crippen LogP contribution in [0.4, 0.5) is 26.3 Å². The van der Waals surface area contributed by atoms with Gasteiger partial charge in [-0.05, 0) is 38.1 Å². The molecule has 4 aromatic rings. The highest BCUT2D eigenvalue weighted by Gasteiger charge is 2.32. The van der Waals surface area contributed by atoms with Crippen LogP contribution in [0.1, 0.15) is 51.1 Å². The molecule has 4 rings (SSSR count). The first-order chi connectivity index (χ1) is 19.7. The summed E-state index contributed by atoms with van der Waals surface area (Å²) in [6.45, 7) is 3.14. The number of benzene rings is 2. The molecule has 0 atom stereocenters. The molecule has 0 saturated carbocycles. The Kier molecular flexibility index (Phi) is 8.95. The van der Waals surface area contributed by atoms with Gasteiger partial charge in [0, 0.05) is 47.9 Å². The number of aliphatic hydroxyl groups is 1. The summed E-state index contributed by atoms with van der Waals surface area (Å²) in [5, 5.41) is 11.6. The number of alkyl halides is 6. The molecule has 0 aliphatic heterocycles. The molecule has 0 radical (unpaired) electrons. The van der Waals surface area contributed by atoms with E-state index in [1.54, 1.807) is 13.8 Å². The maximum atomic E-state index is 13.0. The Balaban J connectivity index is 1.77. The van der Waals surface area contributed by atoms with E-state index in [1.807, 2.05) is 0 Å². The summed E-state index contributed by atoms with van der Waals surface area (Å²) in [4.78, 5) is 17.9. The summed E-state index contributed by atoms with van der Waals surface area (Å²) in [6.07, 6.45) is -10.3. The number of methoxy groups -OCH3 is 2. The van der Waals surface area contributed by atoms with Gasteiger partial charge in [-0.25, -0.2) is 19.9 Å². The topological polar surface area (TPSA) is 90.3 Å². The number of hydrogen-bond donors (Lipinski definition) is 1. The molecule has 222 valence electrons. The molecule has 13 heteroatoms. The number of nitrogens with zero attached hydrogens (tertiary/aromatic N) is 4. The maximum absolute atomic E-state index is 13.0. The fraction of sp³-hybridized carbons (Fsp3) is 0.310. The summed E-state index contributed by atoms with van der Waals surface area (Å²) in [5.74, 6) is 0.291. The molecule has 2 heterocycles. The second-order valence-electron chi connectivity index (χ2n) is 9.40. The number of hydrogen-bond acceptors (Lipinski definition) is 7. The van der Waals surface area contributed by atoms with E-state index in [0.29, 0.717) is 45.0 Å². The van der Waals surface area contributed by atoms with Crippen molar-refractivity contribution in [2.45, 2.75) is 45.5 Å². The third kappa shape index (κ3) is 6.58. The highest BCUT2D eigenvalue weighted by atomic mass is 19.4. The van der Waals surface area contributed by atoms with E-state index in [2.05, 4.69) is 19.9 Å². The zero-order chi connectivity index (χ0) is 30.8. The van der Waals surface area contributed by atoms with Crippen LogP contribution in [0.3, 0.4) is 0 Å². The second kappa shape index (κ2) is 12.1. The minimum absolute atomic E-state index is 0.0491. The molecule has 0 spiro atoms. The van der Waals surface area contributed by atoms with Gasteiger partial charge in [0.25, 0.3) is 0 Å². The summed E-state index contributed by atoms with van der Waals surface area (Å²) in [6, 6.07) is 8.78. The molecule has 0 aliphatic rings. The van der Waals surface area contributed by atoms with Crippen molar-refractivity contribution in [2.75, 3.05) is 14.2 Å². The van der Waals surface area contributed by atoms with Gasteiger partial charge < -0.3 is 14.6 Å². The maximum Gasteiger partial charge on any atom is 0.416 e. The van der Waals surface area contributed by atoms with Gasteiger partial charge in [-0.2, -0.15) is 26.3 Å². The first-order valence-electron chi connectivity index (χ1n) is 12.5. The van der Waals surface area contributed by atoms with E-state index in [4.69, 9.17) is 9.47 Å². The molecule has 2 aromatic heterocycles. The van der Waals surface area contributed by atoms with Gasteiger partial charge in [0.2, 0.25) is 0 Å². The van der Waals surface area contributed by atoms with Crippen molar-refractivity contribution in [3.05, 3.63) is 93.6 Å². The number of ether oxygens (including phenoxy) is 2. The Bertz CT molecular complexity index is 1440. The minimum Gasteiger partial charge on any atom is -0.383 e. The molecule has 0 amide bonds. The number of rotatable bonds is 8. The lowest BCUT2D eigenvalue weighted by atomic mass is 9.95. The molecule has 0 unspecified atom stereocenters. The van der Waals surface area contributed by atoms with Crippen LogP contribution in [-0.4, -0.2) is 39.3 Å². The van der Waals surface area contributed by atoms with Crippen LogP contribution in [0.25, 0.3) is 22.8 Å². The summed E-state index contributed by atoms with van der Waals surface area (Å²) in [7, 11) is 2.85. The van der Waals surface area contributed by atoms with Crippen LogP contribution in [-0.2, 0) is 35.0 Å². The molecule has 7 nitrogen and oxygen atoms in total. The van der Waals surface area contributed by atoms with E-state index >= 15 is 0 Å². The zero-order valence-electron chi connectivity index (χ0n) is 22.9. The average Bonchev–Trinajstić information content (AvgIpc) is 2.92. The molecule has 2 aromatic carbocycles. The molecule has 0 fully saturated rings. The Labute approximate surface area is 237 Å². The Morgan fingerprint density at radius 3 is 1.24 bits per heavy atom. The highest BCUT2D eigenvalue weighted by molar-refractivity contribution is 5.59. The van der Waals surface area contributed by atoms with Gasteiger partial charge in [-0.15, -0.1) is 0 Å². The van der Waals surface area contributed by atoms with E-state index in [-0.39, 0.29) is 24.9 Å². The smallest absolute Gasteiger partial charge is 0.383 e. The van der Waals surface area contributed by atoms with Gasteiger partial charge in [0.1, 0.15) is 6.10 Å². The summed E-state index contributed by atoms with van der Waals surface area (Å²) < 4.78 is 88.7. The average molecular weight is 593 g/mol. The quantitative estimate of drug-likeness (QED) is 0.230. The van der Waals surface area contributed by atoms with Crippen LogP contribution < -0.4 is 0 Å². The molecule has 0 aliphatic carbocycles. The predicted octanol–water partition coefficient (Wildman–Crippen LogP) is 6.63. The van der Waals surface area contributed by atoms with Gasteiger partial charge in [0.15, 0.2) is 11.6 Å². The number of halogens is 6. The van der Waals surface area contributed by atoms with Crippen molar-refractivity contribution in [1.29, 1.82) is 0 Å². The van der Waals surface area contributed by atoms with Crippen molar-refractivity contribution < 1.29 is 40.9 Å². The molecule has 1 N–H and O–H groups in total. The highest BCUT2D eigenvalue weighted by Crippen LogP contribution is 2.35. The van der Waals surface area contributed by atoms with Gasteiger partial charge >= 0.3 is 12.4 Å². The monoisotopic (exact) mass is 592 g/mol. The van der Waals surface area contributed by atoms with Crippen LogP contribution >= 0.6 is 0 Å². The normalized spacial score (nSPS) is 12.3. The van der Waals surface area contributed by atoms with Crippen molar-refractivity contribution in [2.24, 2.45) is 0 Å². The second-order valence-corrected chi connectivity index (χ2v) is 9.40. The molecule has 0 bridgehead atoms. The van der Waals surface area contributed by atoms with Gasteiger partial charge in [0.05, 0.1) is 35.7 Å². The van der Waals surface area contributed by atoms with E-state index in [0.717, 1.165) is 24.3 Å². The number of aliphatic hydroxyl groups excluding tert-OH is 1. The van der Waals surface area contributed by atoms with E-state index in [1.165, 1.54) is 38.5 Å². The fourth-order valence-electron chi connectivity index (χ4n) is 4.51. The van der Waals surface area contributed by atoms with Gasteiger partial charge in [-0.3, -0.25) is 0 Å². The lowest BCUT2D eigenvalue weighted by Gasteiger charge is -2.22. The Hall–Kier alpha value is -3.94. The van der Waals surface area contributed by atoms with E-state index in [9.17, 15) is 31.4 Å². The standard InChI is InChI=1S/C29H26F6N4O3/c1-15-23(21(13-41-3)38-26(36-15)17-5-9-19(10-6-17)28(30,31)32)25(40)24-16(2)37-27(39-22(24)14-42-4)18-7-11-20(12-8-18)29(33,34)35/h5-12,25,40H,13-14H2,1-4H3. The van der Waals surface area contributed by atoms with Crippen molar-refractivity contribution in [3.63, 3.8) is 0 Å². The van der Waals surface area contributed by atoms with Crippen LogP contribution in [0.5, 0.6) is 0 Å². The minimum atomic E-state index is -4.49.